The third kappa shape index (κ3) is 3.07. The van der Waals surface area contributed by atoms with Crippen LogP contribution in [0, 0.1) is 10.1 Å². The van der Waals surface area contributed by atoms with Crippen LogP contribution in [0.2, 0.25) is 0 Å². The van der Waals surface area contributed by atoms with E-state index in [0.717, 1.165) is 12.8 Å². The first-order chi connectivity index (χ1) is 8.77. The van der Waals surface area contributed by atoms with Crippen molar-refractivity contribution in [3.05, 3.63) is 52.2 Å². The third-order valence-electron chi connectivity index (χ3n) is 2.60. The third-order valence-corrected chi connectivity index (χ3v) is 2.60. The van der Waals surface area contributed by atoms with Crippen molar-refractivity contribution < 1.29 is 4.92 Å². The summed E-state index contributed by atoms with van der Waals surface area (Å²) in [5.41, 5.74) is 1.70. The van der Waals surface area contributed by atoms with Gasteiger partial charge in [0.1, 0.15) is 6.20 Å². The molecule has 2 N–H and O–H groups in total. The molecular formula is C12H14N4O2. The molecular weight excluding hydrogens is 232 g/mol. The van der Waals surface area contributed by atoms with Gasteiger partial charge < -0.3 is 15.4 Å². The second kappa shape index (κ2) is 5.81. The lowest BCUT2D eigenvalue weighted by molar-refractivity contribution is -0.388. The van der Waals surface area contributed by atoms with E-state index in [0.29, 0.717) is 12.2 Å². The van der Waals surface area contributed by atoms with Crippen LogP contribution in [0.15, 0.2) is 36.5 Å². The Morgan fingerprint density at radius 2 is 2.11 bits per heavy atom. The Bertz CT molecular complexity index is 510. The minimum Gasteiger partial charge on any atom is -0.377 e. The molecule has 0 amide bonds. The van der Waals surface area contributed by atoms with Crippen molar-refractivity contribution in [3.63, 3.8) is 0 Å². The Kier molecular flexibility index (Phi) is 3.90. The van der Waals surface area contributed by atoms with Crippen LogP contribution in [-0.2, 0) is 6.42 Å². The van der Waals surface area contributed by atoms with Gasteiger partial charge in [-0.25, -0.2) is 0 Å². The molecule has 18 heavy (non-hydrogen) atoms. The number of nitro groups is 1. The molecule has 0 radical (unpaired) electrons. The van der Waals surface area contributed by atoms with Crippen LogP contribution in [0.4, 0.5) is 11.5 Å². The van der Waals surface area contributed by atoms with Crippen molar-refractivity contribution in [2.45, 2.75) is 12.8 Å². The first kappa shape index (κ1) is 12.1. The summed E-state index contributed by atoms with van der Waals surface area (Å²) in [5, 5.41) is 19.6. The lowest BCUT2D eigenvalue weighted by Crippen LogP contribution is -2.04. The van der Waals surface area contributed by atoms with Crippen molar-refractivity contribution in [1.29, 1.82) is 0 Å². The number of anilines is 1. The number of aryl methyl sites for hydroxylation is 1. The Balaban J connectivity index is 1.79. The van der Waals surface area contributed by atoms with Crippen molar-refractivity contribution in [1.82, 2.24) is 10.2 Å². The molecule has 0 aliphatic carbocycles. The summed E-state index contributed by atoms with van der Waals surface area (Å²) in [5.74, 6) is -0.0882. The van der Waals surface area contributed by atoms with E-state index in [4.69, 9.17) is 0 Å². The molecule has 0 unspecified atom stereocenters. The van der Waals surface area contributed by atoms with Crippen LogP contribution in [0.3, 0.4) is 0 Å². The summed E-state index contributed by atoms with van der Waals surface area (Å²) >= 11 is 0. The van der Waals surface area contributed by atoms with E-state index in [1.807, 2.05) is 18.2 Å². The maximum Gasteiger partial charge on any atom is 0.366 e. The van der Waals surface area contributed by atoms with Crippen LogP contribution in [0.1, 0.15) is 12.0 Å². The highest BCUT2D eigenvalue weighted by atomic mass is 16.6. The first-order valence-corrected chi connectivity index (χ1v) is 5.73. The summed E-state index contributed by atoms with van der Waals surface area (Å²) in [6, 6.07) is 10.1. The topological polar surface area (TPSA) is 83.8 Å². The second-order valence-electron chi connectivity index (χ2n) is 3.91. The Labute approximate surface area is 104 Å². The zero-order valence-electron chi connectivity index (χ0n) is 9.80. The molecule has 0 aliphatic rings. The predicted molar refractivity (Wildman–Crippen MR) is 68.5 cm³/mol. The summed E-state index contributed by atoms with van der Waals surface area (Å²) in [7, 11) is 0. The fourth-order valence-electron chi connectivity index (χ4n) is 1.71. The first-order valence-electron chi connectivity index (χ1n) is 5.73. The average molecular weight is 246 g/mol. The molecule has 1 aromatic heterocycles. The van der Waals surface area contributed by atoms with Crippen LogP contribution in [0.25, 0.3) is 0 Å². The number of hydrogen-bond acceptors (Lipinski definition) is 4. The molecule has 0 saturated heterocycles. The predicted octanol–water partition coefficient (Wildman–Crippen LogP) is 2.36. The van der Waals surface area contributed by atoms with E-state index < -0.39 is 4.92 Å². The second-order valence-corrected chi connectivity index (χ2v) is 3.91. The maximum atomic E-state index is 10.6. The van der Waals surface area contributed by atoms with Crippen molar-refractivity contribution >= 4 is 11.5 Å². The average Bonchev–Trinajstić information content (AvgIpc) is 2.84. The van der Waals surface area contributed by atoms with E-state index in [1.165, 1.54) is 11.8 Å². The molecule has 0 spiro atoms. The largest absolute Gasteiger partial charge is 0.377 e. The van der Waals surface area contributed by atoms with Crippen LogP contribution >= 0.6 is 0 Å². The van der Waals surface area contributed by atoms with Crippen molar-refractivity contribution in [3.8, 4) is 0 Å². The summed E-state index contributed by atoms with van der Waals surface area (Å²) in [6.07, 6.45) is 3.28. The number of benzene rings is 1. The minimum absolute atomic E-state index is 0.0882. The highest BCUT2D eigenvalue weighted by Crippen LogP contribution is 2.19. The lowest BCUT2D eigenvalue weighted by atomic mass is 10.1. The molecule has 6 heteroatoms. The molecule has 6 nitrogen and oxygen atoms in total. The molecule has 0 fully saturated rings. The van der Waals surface area contributed by atoms with Crippen LogP contribution in [-0.4, -0.2) is 21.7 Å². The number of rotatable bonds is 6. The van der Waals surface area contributed by atoms with Gasteiger partial charge in [-0.3, -0.25) is 0 Å². The highest BCUT2D eigenvalue weighted by molar-refractivity contribution is 5.55. The SMILES string of the molecule is O=[N+]([O-])c1[nH]ncc1NCCCc1ccccc1. The molecule has 1 heterocycles. The molecule has 2 aromatic rings. The standard InChI is InChI=1S/C12H14N4O2/c17-16(18)12-11(9-14-15-12)13-8-4-7-10-5-2-1-3-6-10/h1-3,5-6,9,13H,4,7-8H2,(H,14,15). The van der Waals surface area contributed by atoms with Gasteiger partial charge in [0, 0.05) is 6.54 Å². The van der Waals surface area contributed by atoms with Gasteiger partial charge in [-0.2, -0.15) is 0 Å². The monoisotopic (exact) mass is 246 g/mol. The molecule has 0 saturated carbocycles. The molecule has 0 aliphatic heterocycles. The number of H-pyrrole nitrogens is 1. The van der Waals surface area contributed by atoms with Crippen molar-refractivity contribution in [2.24, 2.45) is 0 Å². The highest BCUT2D eigenvalue weighted by Gasteiger charge is 2.13. The molecule has 0 bridgehead atoms. The number of nitrogens with one attached hydrogen (secondary N) is 2. The van der Waals surface area contributed by atoms with E-state index in [9.17, 15) is 10.1 Å². The summed E-state index contributed by atoms with van der Waals surface area (Å²) in [4.78, 5) is 10.2. The van der Waals surface area contributed by atoms with E-state index >= 15 is 0 Å². The fourth-order valence-corrected chi connectivity index (χ4v) is 1.71. The summed E-state index contributed by atoms with van der Waals surface area (Å²) < 4.78 is 0. The Morgan fingerprint density at radius 1 is 1.33 bits per heavy atom. The molecule has 0 atom stereocenters. The fraction of sp³-hybridized carbons (Fsp3) is 0.250. The zero-order valence-corrected chi connectivity index (χ0v) is 9.80. The molecule has 94 valence electrons. The van der Waals surface area contributed by atoms with Gasteiger partial charge in [-0.1, -0.05) is 35.4 Å². The van der Waals surface area contributed by atoms with E-state index in [-0.39, 0.29) is 5.82 Å². The lowest BCUT2D eigenvalue weighted by Gasteiger charge is -2.04. The Hall–Kier alpha value is -2.37. The molecule has 2 rings (SSSR count). The normalized spacial score (nSPS) is 10.2. The number of aromatic amines is 1. The van der Waals surface area contributed by atoms with Gasteiger partial charge in [0.25, 0.3) is 0 Å². The minimum atomic E-state index is -0.480. The van der Waals surface area contributed by atoms with Crippen LogP contribution in [0.5, 0.6) is 0 Å². The number of nitrogens with zero attached hydrogens (tertiary/aromatic N) is 2. The van der Waals surface area contributed by atoms with Gasteiger partial charge in [0.2, 0.25) is 0 Å². The van der Waals surface area contributed by atoms with Crippen LogP contribution < -0.4 is 5.32 Å². The van der Waals surface area contributed by atoms with Gasteiger partial charge in [-0.15, -0.1) is 5.10 Å². The van der Waals surface area contributed by atoms with Gasteiger partial charge in [-0.05, 0) is 23.3 Å². The zero-order chi connectivity index (χ0) is 12.8. The van der Waals surface area contributed by atoms with Gasteiger partial charge >= 0.3 is 5.82 Å². The number of hydrogen-bond donors (Lipinski definition) is 2. The molecule has 1 aromatic carbocycles. The van der Waals surface area contributed by atoms with Gasteiger partial charge in [0.05, 0.1) is 0 Å². The Morgan fingerprint density at radius 3 is 2.83 bits per heavy atom. The smallest absolute Gasteiger partial charge is 0.366 e. The van der Waals surface area contributed by atoms with E-state index in [2.05, 4.69) is 27.6 Å². The summed E-state index contributed by atoms with van der Waals surface area (Å²) in [6.45, 7) is 0.676. The van der Waals surface area contributed by atoms with E-state index in [1.54, 1.807) is 0 Å². The van der Waals surface area contributed by atoms with Gasteiger partial charge in [0.15, 0.2) is 5.69 Å². The maximum absolute atomic E-state index is 10.6. The van der Waals surface area contributed by atoms with Crippen molar-refractivity contribution in [2.75, 3.05) is 11.9 Å². The quantitative estimate of drug-likeness (QED) is 0.465. The number of aromatic nitrogens is 2.